The van der Waals surface area contributed by atoms with Crippen molar-refractivity contribution >= 4 is 29.6 Å². The largest absolute Gasteiger partial charge is 0.342 e. The number of urea groups is 1. The summed E-state index contributed by atoms with van der Waals surface area (Å²) in [5.74, 6) is -0.0719. The van der Waals surface area contributed by atoms with Gasteiger partial charge in [0.1, 0.15) is 5.54 Å². The molecule has 1 atom stereocenters. The predicted octanol–water partition coefficient (Wildman–Crippen LogP) is 2.36. The Bertz CT molecular complexity index is 726. The second-order valence-electron chi connectivity index (χ2n) is 7.14. The minimum absolute atomic E-state index is 0.0817. The zero-order valence-corrected chi connectivity index (χ0v) is 16.5. The van der Waals surface area contributed by atoms with E-state index in [1.165, 1.54) is 17.5 Å². The fourth-order valence-corrected chi connectivity index (χ4v) is 4.68. The minimum atomic E-state index is -0.782. The monoisotopic (exact) mass is 375 g/mol. The standard InChI is InChI=1S/C19H25N3O3S/c1-13-5-7-15(8-6-13)26-14(2)16(23)22-11-9-19(10-12-22)17(24)20(3)18(25)21(19)4/h5-8,14H,9-12H2,1-4H3. The van der Waals surface area contributed by atoms with E-state index in [9.17, 15) is 14.4 Å². The maximum absolute atomic E-state index is 12.8. The highest BCUT2D eigenvalue weighted by Gasteiger charge is 2.55. The van der Waals surface area contributed by atoms with E-state index in [4.69, 9.17) is 0 Å². The molecule has 2 heterocycles. The molecule has 2 saturated heterocycles. The third-order valence-electron chi connectivity index (χ3n) is 5.50. The van der Waals surface area contributed by atoms with Crippen LogP contribution in [0.5, 0.6) is 0 Å². The van der Waals surface area contributed by atoms with Crippen molar-refractivity contribution in [2.24, 2.45) is 0 Å². The molecular formula is C19H25N3O3S. The lowest BCUT2D eigenvalue weighted by Crippen LogP contribution is -2.57. The van der Waals surface area contributed by atoms with Crippen LogP contribution in [0.25, 0.3) is 0 Å². The van der Waals surface area contributed by atoms with Crippen LogP contribution in [0.15, 0.2) is 29.2 Å². The van der Waals surface area contributed by atoms with Gasteiger partial charge in [0, 0.05) is 32.1 Å². The zero-order chi connectivity index (χ0) is 19.1. The lowest BCUT2D eigenvalue weighted by Gasteiger charge is -2.41. The first-order valence-electron chi connectivity index (χ1n) is 8.84. The van der Waals surface area contributed by atoms with Gasteiger partial charge in [-0.25, -0.2) is 4.79 Å². The Morgan fingerprint density at radius 1 is 1.12 bits per heavy atom. The van der Waals surface area contributed by atoms with Crippen LogP contribution in [0, 0.1) is 6.92 Å². The smallest absolute Gasteiger partial charge is 0.327 e. The molecule has 1 spiro atoms. The first kappa shape index (κ1) is 18.8. The number of benzene rings is 1. The Balaban J connectivity index is 1.62. The first-order valence-corrected chi connectivity index (χ1v) is 9.72. The van der Waals surface area contributed by atoms with Crippen molar-refractivity contribution < 1.29 is 14.4 Å². The molecular weight excluding hydrogens is 350 g/mol. The highest BCUT2D eigenvalue weighted by atomic mass is 32.2. The molecule has 0 aliphatic carbocycles. The summed E-state index contributed by atoms with van der Waals surface area (Å²) in [6.07, 6.45) is 0.984. The normalized spacial score (nSPS) is 20.8. The van der Waals surface area contributed by atoms with Gasteiger partial charge in [0.05, 0.1) is 5.25 Å². The van der Waals surface area contributed by atoms with Crippen LogP contribution in [0.4, 0.5) is 4.79 Å². The lowest BCUT2D eigenvalue weighted by atomic mass is 9.86. The highest BCUT2D eigenvalue weighted by molar-refractivity contribution is 8.00. The van der Waals surface area contributed by atoms with Gasteiger partial charge in [-0.1, -0.05) is 17.7 Å². The van der Waals surface area contributed by atoms with Gasteiger partial charge >= 0.3 is 6.03 Å². The maximum Gasteiger partial charge on any atom is 0.327 e. The fourth-order valence-electron chi connectivity index (χ4n) is 3.73. The molecule has 1 unspecified atom stereocenters. The van der Waals surface area contributed by atoms with E-state index in [1.54, 1.807) is 23.7 Å². The van der Waals surface area contributed by atoms with Gasteiger partial charge in [0.2, 0.25) is 5.91 Å². The molecule has 4 amide bonds. The third kappa shape index (κ3) is 3.09. The number of carbonyl (C=O) groups excluding carboxylic acids is 3. The van der Waals surface area contributed by atoms with E-state index in [-0.39, 0.29) is 23.1 Å². The molecule has 2 aliphatic rings. The molecule has 0 saturated carbocycles. The topological polar surface area (TPSA) is 60.9 Å². The number of hydrogen-bond acceptors (Lipinski definition) is 4. The lowest BCUT2D eigenvalue weighted by molar-refractivity contribution is -0.139. The third-order valence-corrected chi connectivity index (χ3v) is 6.60. The van der Waals surface area contributed by atoms with Gasteiger partial charge < -0.3 is 9.80 Å². The number of carbonyl (C=O) groups is 3. The van der Waals surface area contributed by atoms with Crippen LogP contribution in [-0.2, 0) is 9.59 Å². The number of rotatable bonds is 3. The van der Waals surface area contributed by atoms with E-state index in [0.29, 0.717) is 25.9 Å². The Morgan fingerprint density at radius 2 is 1.69 bits per heavy atom. The number of nitrogens with zero attached hydrogens (tertiary/aromatic N) is 3. The average Bonchev–Trinajstić information content (AvgIpc) is 2.80. The van der Waals surface area contributed by atoms with Gasteiger partial charge in [-0.05, 0) is 38.8 Å². The summed E-state index contributed by atoms with van der Waals surface area (Å²) in [6.45, 7) is 4.95. The van der Waals surface area contributed by atoms with Crippen molar-refractivity contribution in [1.82, 2.24) is 14.7 Å². The summed E-state index contributed by atoms with van der Waals surface area (Å²) in [7, 11) is 3.20. The molecule has 0 radical (unpaired) electrons. The molecule has 26 heavy (non-hydrogen) atoms. The van der Waals surface area contributed by atoms with Gasteiger partial charge in [-0.2, -0.15) is 0 Å². The van der Waals surface area contributed by atoms with E-state index in [2.05, 4.69) is 0 Å². The maximum atomic E-state index is 12.8. The summed E-state index contributed by atoms with van der Waals surface area (Å²) < 4.78 is 0. The Labute approximate surface area is 158 Å². The van der Waals surface area contributed by atoms with Crippen LogP contribution in [0.2, 0.25) is 0 Å². The Hall–Kier alpha value is -2.02. The highest BCUT2D eigenvalue weighted by Crippen LogP contribution is 2.36. The quantitative estimate of drug-likeness (QED) is 0.601. The molecule has 2 fully saturated rings. The molecule has 7 heteroatoms. The molecule has 2 aliphatic heterocycles. The zero-order valence-electron chi connectivity index (χ0n) is 15.7. The van der Waals surface area contributed by atoms with Crippen molar-refractivity contribution in [3.8, 4) is 0 Å². The summed E-state index contributed by atoms with van der Waals surface area (Å²) in [6, 6.07) is 7.88. The number of likely N-dealkylation sites (tertiary alicyclic amines) is 1. The number of hydrogen-bond donors (Lipinski definition) is 0. The molecule has 6 nitrogen and oxygen atoms in total. The van der Waals surface area contributed by atoms with Crippen LogP contribution < -0.4 is 0 Å². The Morgan fingerprint density at radius 3 is 2.19 bits per heavy atom. The number of piperidine rings is 1. The van der Waals surface area contributed by atoms with Crippen LogP contribution in [0.3, 0.4) is 0 Å². The van der Waals surface area contributed by atoms with Crippen molar-refractivity contribution in [1.29, 1.82) is 0 Å². The van der Waals surface area contributed by atoms with Crippen molar-refractivity contribution in [3.05, 3.63) is 29.8 Å². The van der Waals surface area contributed by atoms with Gasteiger partial charge in [0.15, 0.2) is 0 Å². The van der Waals surface area contributed by atoms with Crippen molar-refractivity contribution in [2.45, 2.75) is 42.4 Å². The number of imide groups is 1. The van der Waals surface area contributed by atoms with Crippen LogP contribution in [0.1, 0.15) is 25.3 Å². The second-order valence-corrected chi connectivity index (χ2v) is 8.55. The van der Waals surface area contributed by atoms with Gasteiger partial charge in [0.25, 0.3) is 5.91 Å². The van der Waals surface area contributed by atoms with Gasteiger partial charge in [-0.15, -0.1) is 11.8 Å². The Kier molecular flexibility index (Phi) is 5.01. The number of likely N-dealkylation sites (N-methyl/N-ethyl adjacent to an activating group) is 2. The van der Waals surface area contributed by atoms with E-state index in [1.807, 2.05) is 43.0 Å². The molecule has 1 aromatic rings. The molecule has 140 valence electrons. The number of thioether (sulfide) groups is 1. The molecule has 0 bridgehead atoms. The minimum Gasteiger partial charge on any atom is -0.342 e. The van der Waals surface area contributed by atoms with Crippen molar-refractivity contribution in [3.63, 3.8) is 0 Å². The number of amides is 4. The van der Waals surface area contributed by atoms with Gasteiger partial charge in [-0.3, -0.25) is 14.5 Å². The van der Waals surface area contributed by atoms with Crippen molar-refractivity contribution in [2.75, 3.05) is 27.2 Å². The van der Waals surface area contributed by atoms with E-state index in [0.717, 1.165) is 4.90 Å². The van der Waals surface area contributed by atoms with Crippen LogP contribution >= 0.6 is 11.8 Å². The summed E-state index contributed by atoms with van der Waals surface area (Å²) in [5, 5.41) is -0.187. The number of aryl methyl sites for hydroxylation is 1. The van der Waals surface area contributed by atoms with E-state index < -0.39 is 5.54 Å². The molecule has 0 N–H and O–H groups in total. The fraction of sp³-hybridized carbons (Fsp3) is 0.526. The summed E-state index contributed by atoms with van der Waals surface area (Å²) >= 11 is 1.55. The SMILES string of the molecule is Cc1ccc(SC(C)C(=O)N2CCC3(CC2)C(=O)N(C)C(=O)N3C)cc1. The summed E-state index contributed by atoms with van der Waals surface area (Å²) in [5.41, 5.74) is 0.412. The van der Waals surface area contributed by atoms with E-state index >= 15 is 0 Å². The van der Waals surface area contributed by atoms with Crippen LogP contribution in [-0.4, -0.2) is 70.5 Å². The predicted molar refractivity (Wildman–Crippen MR) is 101 cm³/mol. The molecule has 0 aromatic heterocycles. The first-order chi connectivity index (χ1) is 12.3. The molecule has 3 rings (SSSR count). The molecule has 1 aromatic carbocycles. The summed E-state index contributed by atoms with van der Waals surface area (Å²) in [4.78, 5) is 43.0. The average molecular weight is 375 g/mol. The second kappa shape index (κ2) is 6.95.